The van der Waals surface area contributed by atoms with Crippen LogP contribution in [0.25, 0.3) is 0 Å². The van der Waals surface area contributed by atoms with Gasteiger partial charge in [0.15, 0.2) is 0 Å². The molecule has 1 heteroatoms. The van der Waals surface area contributed by atoms with Gasteiger partial charge in [-0.25, -0.2) is 0 Å². The highest BCUT2D eigenvalue weighted by atomic mass is 16.1. The molecule has 136 valence electrons. The average molecular weight is 323 g/mol. The topological polar surface area (TPSA) is 17.1 Å². The van der Waals surface area contributed by atoms with Crippen molar-refractivity contribution in [3.8, 4) is 0 Å². The normalized spacial score (nSPS) is 11.4. The molecule has 0 rings (SSSR count). The average Bonchev–Trinajstić information content (AvgIpc) is 2.53. The molecule has 0 saturated heterocycles. The van der Waals surface area contributed by atoms with Gasteiger partial charge in [0.05, 0.1) is 0 Å². The zero-order valence-corrected chi connectivity index (χ0v) is 16.1. The van der Waals surface area contributed by atoms with E-state index in [2.05, 4.69) is 19.1 Å². The summed E-state index contributed by atoms with van der Waals surface area (Å²) < 4.78 is 0. The van der Waals surface area contributed by atoms with Gasteiger partial charge in [-0.1, -0.05) is 89.7 Å². The van der Waals surface area contributed by atoms with Gasteiger partial charge in [0.2, 0.25) is 0 Å². The van der Waals surface area contributed by atoms with Crippen LogP contribution in [0.4, 0.5) is 0 Å². The molecule has 0 spiro atoms. The zero-order chi connectivity index (χ0) is 17.0. The fraction of sp³-hybridized carbons (Fsp3) is 0.864. The Morgan fingerprint density at radius 1 is 0.609 bits per heavy atom. The Labute approximate surface area is 146 Å². The second kappa shape index (κ2) is 19.5. The van der Waals surface area contributed by atoms with E-state index in [0.717, 1.165) is 12.8 Å². The minimum atomic E-state index is 0.342. The van der Waals surface area contributed by atoms with E-state index in [-0.39, 0.29) is 0 Å². The molecule has 0 amide bonds. The first kappa shape index (κ1) is 22.4. The summed E-state index contributed by atoms with van der Waals surface area (Å²) >= 11 is 0. The van der Waals surface area contributed by atoms with Gasteiger partial charge in [0, 0.05) is 6.42 Å². The number of hydrogen-bond acceptors (Lipinski definition) is 1. The van der Waals surface area contributed by atoms with Crippen molar-refractivity contribution in [2.45, 2.75) is 123 Å². The van der Waals surface area contributed by atoms with Crippen molar-refractivity contribution in [1.29, 1.82) is 0 Å². The molecule has 0 saturated carbocycles. The van der Waals surface area contributed by atoms with Gasteiger partial charge < -0.3 is 4.79 Å². The molecular weight excluding hydrogens is 280 g/mol. The molecule has 0 fully saturated rings. The summed E-state index contributed by atoms with van der Waals surface area (Å²) in [6.07, 6.45) is 27.0. The van der Waals surface area contributed by atoms with Crippen LogP contribution in [-0.2, 0) is 4.79 Å². The minimum absolute atomic E-state index is 0.342. The van der Waals surface area contributed by atoms with Crippen molar-refractivity contribution in [2.75, 3.05) is 0 Å². The van der Waals surface area contributed by atoms with E-state index in [1.165, 1.54) is 96.3 Å². The van der Waals surface area contributed by atoms with Gasteiger partial charge in [0.25, 0.3) is 0 Å². The number of Topliss-reactive ketones (excluding diaryl/α,β-unsaturated/α-hetero) is 1. The molecule has 0 bridgehead atoms. The third kappa shape index (κ3) is 21.4. The Bertz CT molecular complexity index is 267. The van der Waals surface area contributed by atoms with Crippen LogP contribution in [0.2, 0.25) is 0 Å². The predicted octanol–water partition coefficient (Wildman–Crippen LogP) is 7.78. The van der Waals surface area contributed by atoms with Crippen molar-refractivity contribution in [2.24, 2.45) is 0 Å². The molecule has 0 unspecified atom stereocenters. The number of unbranched alkanes of at least 4 members (excludes halogenated alkanes) is 14. The lowest BCUT2D eigenvalue weighted by Crippen LogP contribution is -1.89. The lowest BCUT2D eigenvalue weighted by atomic mass is 10.1. The van der Waals surface area contributed by atoms with E-state index < -0.39 is 0 Å². The first-order valence-corrected chi connectivity index (χ1v) is 10.4. The fourth-order valence-corrected chi connectivity index (χ4v) is 2.98. The Balaban J connectivity index is 3.06. The number of hydrogen-bond donors (Lipinski definition) is 0. The monoisotopic (exact) mass is 322 g/mol. The highest BCUT2D eigenvalue weighted by Gasteiger charge is 1.94. The molecule has 0 aromatic heterocycles. The Hall–Kier alpha value is -0.590. The number of allylic oxidation sites excluding steroid dienone is 2. The largest absolute Gasteiger partial charge is 0.300 e. The van der Waals surface area contributed by atoms with E-state index in [4.69, 9.17) is 0 Å². The molecule has 0 aliphatic heterocycles. The quantitative estimate of drug-likeness (QED) is 0.186. The molecule has 0 heterocycles. The lowest BCUT2D eigenvalue weighted by Gasteiger charge is -2.01. The summed E-state index contributed by atoms with van der Waals surface area (Å²) in [6.45, 7) is 3.97. The number of carbonyl (C=O) groups excluding carboxylic acids is 1. The first-order chi connectivity index (χ1) is 11.3. The van der Waals surface area contributed by atoms with E-state index in [1.807, 2.05) is 0 Å². The summed E-state index contributed by atoms with van der Waals surface area (Å²) in [5, 5.41) is 0. The first-order valence-electron chi connectivity index (χ1n) is 10.4. The van der Waals surface area contributed by atoms with Crippen molar-refractivity contribution in [3.05, 3.63) is 12.2 Å². The maximum Gasteiger partial charge on any atom is 0.129 e. The van der Waals surface area contributed by atoms with Crippen LogP contribution in [0.15, 0.2) is 12.2 Å². The molecule has 1 nitrogen and oxygen atoms in total. The SMILES string of the molecule is CCCCCCCC/C=C\CCCCCCCCCCC(C)=O. The van der Waals surface area contributed by atoms with Gasteiger partial charge in [0.1, 0.15) is 5.78 Å². The van der Waals surface area contributed by atoms with Crippen LogP contribution < -0.4 is 0 Å². The Morgan fingerprint density at radius 3 is 1.43 bits per heavy atom. The van der Waals surface area contributed by atoms with Crippen molar-refractivity contribution >= 4 is 5.78 Å². The Kier molecular flexibility index (Phi) is 19.0. The third-order valence-corrected chi connectivity index (χ3v) is 4.54. The predicted molar refractivity (Wildman–Crippen MR) is 104 cm³/mol. The van der Waals surface area contributed by atoms with Gasteiger partial charge >= 0.3 is 0 Å². The van der Waals surface area contributed by atoms with Gasteiger partial charge in [-0.3, -0.25) is 0 Å². The van der Waals surface area contributed by atoms with Crippen LogP contribution in [-0.4, -0.2) is 5.78 Å². The fourth-order valence-electron chi connectivity index (χ4n) is 2.98. The van der Waals surface area contributed by atoms with Crippen LogP contribution in [0, 0.1) is 0 Å². The highest BCUT2D eigenvalue weighted by Crippen LogP contribution is 2.11. The van der Waals surface area contributed by atoms with Crippen molar-refractivity contribution in [1.82, 2.24) is 0 Å². The van der Waals surface area contributed by atoms with Crippen LogP contribution in [0.3, 0.4) is 0 Å². The standard InChI is InChI=1S/C22H42O/c1-3-4-5-6-7-8-9-10-11-12-13-14-15-16-17-18-19-20-21-22(2)23/h10-11H,3-9,12-21H2,1-2H3/b11-10-. The highest BCUT2D eigenvalue weighted by molar-refractivity contribution is 5.75. The van der Waals surface area contributed by atoms with Crippen LogP contribution in [0.1, 0.15) is 123 Å². The summed E-state index contributed by atoms with van der Waals surface area (Å²) in [7, 11) is 0. The minimum Gasteiger partial charge on any atom is -0.300 e. The summed E-state index contributed by atoms with van der Waals surface area (Å²) in [6, 6.07) is 0. The van der Waals surface area contributed by atoms with E-state index in [0.29, 0.717) is 5.78 Å². The number of carbonyl (C=O) groups is 1. The van der Waals surface area contributed by atoms with E-state index in [1.54, 1.807) is 6.92 Å². The molecule has 0 N–H and O–H groups in total. The zero-order valence-electron chi connectivity index (χ0n) is 16.1. The molecule has 0 aromatic carbocycles. The second-order valence-corrected chi connectivity index (χ2v) is 7.10. The number of rotatable bonds is 18. The maximum absolute atomic E-state index is 10.8. The molecule has 0 radical (unpaired) electrons. The van der Waals surface area contributed by atoms with Gasteiger partial charge in [-0.2, -0.15) is 0 Å². The summed E-state index contributed by atoms with van der Waals surface area (Å²) in [4.78, 5) is 10.8. The van der Waals surface area contributed by atoms with Crippen molar-refractivity contribution < 1.29 is 4.79 Å². The smallest absolute Gasteiger partial charge is 0.129 e. The van der Waals surface area contributed by atoms with Crippen LogP contribution in [0.5, 0.6) is 0 Å². The van der Waals surface area contributed by atoms with Crippen molar-refractivity contribution in [3.63, 3.8) is 0 Å². The summed E-state index contributed by atoms with van der Waals surface area (Å²) in [5.74, 6) is 0.342. The van der Waals surface area contributed by atoms with E-state index in [9.17, 15) is 4.79 Å². The van der Waals surface area contributed by atoms with Gasteiger partial charge in [-0.05, 0) is 39.0 Å². The Morgan fingerprint density at radius 2 is 1.00 bits per heavy atom. The number of ketones is 1. The third-order valence-electron chi connectivity index (χ3n) is 4.54. The van der Waals surface area contributed by atoms with Gasteiger partial charge in [-0.15, -0.1) is 0 Å². The second-order valence-electron chi connectivity index (χ2n) is 7.10. The summed E-state index contributed by atoms with van der Waals surface area (Å²) in [5.41, 5.74) is 0. The molecule has 23 heavy (non-hydrogen) atoms. The molecule has 0 aliphatic carbocycles. The molecule has 0 aromatic rings. The van der Waals surface area contributed by atoms with E-state index >= 15 is 0 Å². The molecule has 0 aliphatic rings. The molecule has 0 atom stereocenters. The lowest BCUT2D eigenvalue weighted by molar-refractivity contribution is -0.117. The molecular formula is C22H42O. The maximum atomic E-state index is 10.8. The van der Waals surface area contributed by atoms with Crippen LogP contribution >= 0.6 is 0 Å².